The predicted octanol–water partition coefficient (Wildman–Crippen LogP) is -14.0. The van der Waals surface area contributed by atoms with Crippen molar-refractivity contribution >= 4 is 0 Å². The van der Waals surface area contributed by atoms with E-state index < -0.39 is 0 Å². The molecule has 0 bridgehead atoms. The maximum atomic E-state index is 0. The zero-order valence-electron chi connectivity index (χ0n) is 12.4. The molecule has 0 rings (SSSR count). The van der Waals surface area contributed by atoms with E-state index >= 15 is 0 Å². The van der Waals surface area contributed by atoms with Crippen LogP contribution >= 0.6 is 0 Å². The number of rotatable bonds is 0. The Morgan fingerprint density at radius 2 is 0.182 bits per heavy atom. The van der Waals surface area contributed by atoms with Crippen LogP contribution in [0.2, 0.25) is 0 Å². The van der Waals surface area contributed by atoms with Crippen LogP contribution in [0.15, 0.2) is 0 Å². The minimum Gasteiger partial charge on any atom is -3.00 e. The van der Waals surface area contributed by atoms with Crippen LogP contribution in [0.25, 0.3) is 36.9 Å². The summed E-state index contributed by atoms with van der Waals surface area (Å²) in [7, 11) is 0. The van der Waals surface area contributed by atoms with Gasteiger partial charge in [0.25, 0.3) is 0 Å². The second-order valence-electron chi connectivity index (χ2n) is 0. The van der Waals surface area contributed by atoms with E-state index in [2.05, 4.69) is 0 Å². The van der Waals surface area contributed by atoms with Crippen molar-refractivity contribution < 1.29 is 239 Å². The zero-order chi connectivity index (χ0) is 0. The van der Waals surface area contributed by atoms with Gasteiger partial charge < -0.3 is 69.8 Å². The molecule has 96 valence electrons. The topological polar surface area (TPSA) is 354 Å². The molecule has 0 N–H and O–H groups in total. The van der Waals surface area contributed by atoms with Crippen molar-refractivity contribution in [1.82, 2.24) is 0 Å². The fourth-order valence-electron chi connectivity index (χ4n) is 0. The van der Waals surface area contributed by atoms with Crippen LogP contribution in [0.5, 0.6) is 0 Å². The Bertz CT molecular complexity index is 43.9. The molecule has 0 amide bonds. The van der Waals surface area contributed by atoms with Gasteiger partial charge in [-0.2, -0.15) is 0 Å². The van der Waals surface area contributed by atoms with Crippen LogP contribution in [-0.4, -0.2) is 0 Å². The molecule has 0 aromatic carbocycles. The maximum Gasteiger partial charge on any atom is 5.00 e. The first-order valence-electron chi connectivity index (χ1n) is 0. The summed E-state index contributed by atoms with van der Waals surface area (Å²) in [5.41, 5.74) is 0. The van der Waals surface area contributed by atoms with E-state index in [4.69, 9.17) is 0 Å². The van der Waals surface area contributed by atoms with Gasteiger partial charge in [0.2, 0.25) is 0 Å². The van der Waals surface area contributed by atoms with Crippen molar-refractivity contribution in [3.05, 3.63) is 36.9 Å². The summed E-state index contributed by atoms with van der Waals surface area (Å²) in [6.45, 7) is 0. The molecular weight excluding hydrogens is 1120 g/mol. The van der Waals surface area contributed by atoms with Gasteiger partial charge >= 0.3 is 206 Å². The molecule has 0 radical (unpaired) electrons. The smallest absolute Gasteiger partial charge is 3.00 e. The van der Waals surface area contributed by atoms with Crippen LogP contribution in [-0.2, 0) is 145 Å². The molecule has 22 heteroatoms. The van der Waals surface area contributed by atoms with Crippen LogP contribution in [0.4, 0.5) is 0 Å². The zero-order valence-corrected chi connectivity index (χ0v) is 28.4. The molecule has 0 saturated heterocycles. The van der Waals surface area contributed by atoms with Crippen molar-refractivity contribution in [2.24, 2.45) is 0 Å². The minimum absolute atomic E-state index is 0. The van der Waals surface area contributed by atoms with Gasteiger partial charge in [0.1, 0.15) is 0 Å². The Morgan fingerprint density at radius 1 is 0.182 bits per heavy atom. The fourth-order valence-corrected chi connectivity index (χ4v) is 0. The summed E-state index contributed by atoms with van der Waals surface area (Å²) in [4.78, 5) is 0. The molecule has 0 spiro atoms. The third kappa shape index (κ3) is 432. The van der Waals surface area contributed by atoms with E-state index in [-0.39, 0.29) is 276 Å². The standard InChI is InChI=1S/5Li.6N.6O.5Ta/q5*+1;6*-3;6*-2;5*+5. The van der Waals surface area contributed by atoms with E-state index in [9.17, 15) is 0 Å². The van der Waals surface area contributed by atoms with E-state index in [1.807, 2.05) is 0 Å². The summed E-state index contributed by atoms with van der Waals surface area (Å²) >= 11 is 0. The first-order chi connectivity index (χ1) is 0. The molecule has 0 atom stereocenters. The average Bonchev–Trinajstić information content (AvgIpc) is 0. The van der Waals surface area contributed by atoms with Crippen LogP contribution < -0.4 is 94.3 Å². The Labute approximate surface area is 271 Å². The van der Waals surface area contributed by atoms with E-state index in [0.717, 1.165) is 0 Å². The first kappa shape index (κ1) is 542. The molecule has 0 aromatic heterocycles. The van der Waals surface area contributed by atoms with Crippen molar-refractivity contribution in [2.75, 3.05) is 0 Å². The van der Waals surface area contributed by atoms with E-state index in [1.54, 1.807) is 0 Å². The molecule has 0 aliphatic rings. The molecule has 22 heavy (non-hydrogen) atoms. The van der Waals surface area contributed by atoms with Gasteiger partial charge in [0.15, 0.2) is 0 Å². The number of hydrogen-bond acceptors (Lipinski definition) is 0. The minimum atomic E-state index is 0. The Kier molecular flexibility index (Phi) is 11900. The third-order valence-corrected chi connectivity index (χ3v) is 0. The molecular formula is Li5N6O6Ta5. The molecule has 0 aromatic rings. The Morgan fingerprint density at radius 3 is 0.182 bits per heavy atom. The largest absolute Gasteiger partial charge is 5.00 e. The molecule has 0 aliphatic carbocycles. The summed E-state index contributed by atoms with van der Waals surface area (Å²) < 4.78 is 0. The van der Waals surface area contributed by atoms with Gasteiger partial charge in [-0.05, 0) is 0 Å². The van der Waals surface area contributed by atoms with Crippen molar-refractivity contribution in [2.45, 2.75) is 0 Å². The van der Waals surface area contributed by atoms with Crippen LogP contribution in [0.1, 0.15) is 0 Å². The van der Waals surface area contributed by atoms with Gasteiger partial charge in [0.05, 0.1) is 0 Å². The van der Waals surface area contributed by atoms with E-state index in [1.165, 1.54) is 0 Å². The summed E-state index contributed by atoms with van der Waals surface area (Å²) in [5, 5.41) is 0. The van der Waals surface area contributed by atoms with Crippen molar-refractivity contribution in [3.63, 3.8) is 0 Å². The van der Waals surface area contributed by atoms with Crippen molar-refractivity contribution in [1.29, 1.82) is 0 Å². The monoisotopic (exact) mass is 1120 g/mol. The fraction of sp³-hybridized carbons (Fsp3) is 0. The molecule has 0 saturated carbocycles. The Hall–Kier alpha value is 6.21. The second kappa shape index (κ2) is 485. The molecule has 0 aliphatic heterocycles. The first-order valence-corrected chi connectivity index (χ1v) is 0. The maximum absolute atomic E-state index is 0. The average molecular weight is 1120 g/mol. The Balaban J connectivity index is 0. The van der Waals surface area contributed by atoms with Gasteiger partial charge in [0, 0.05) is 0 Å². The van der Waals surface area contributed by atoms with Crippen LogP contribution in [0.3, 0.4) is 0 Å². The summed E-state index contributed by atoms with van der Waals surface area (Å²) in [5.74, 6) is 0. The summed E-state index contributed by atoms with van der Waals surface area (Å²) in [6, 6.07) is 0. The van der Waals surface area contributed by atoms with Crippen molar-refractivity contribution in [3.8, 4) is 0 Å². The molecule has 0 fully saturated rings. The van der Waals surface area contributed by atoms with E-state index in [0.29, 0.717) is 0 Å². The normalized spacial score (nSPS) is 0. The molecule has 0 heterocycles. The summed E-state index contributed by atoms with van der Waals surface area (Å²) in [6.07, 6.45) is 0. The SMILES string of the molecule is [Li+].[Li+].[Li+].[Li+].[Li+].[N-3].[N-3].[N-3].[N-3].[N-3].[N-3].[O-2].[O-2].[O-2].[O-2].[O-2].[O-2].[Ta+5].[Ta+5].[Ta+5].[Ta+5].[Ta+5]. The van der Waals surface area contributed by atoms with Gasteiger partial charge in [-0.3, -0.25) is 0 Å². The number of hydrogen-bond donors (Lipinski definition) is 0. The van der Waals surface area contributed by atoms with Gasteiger partial charge in [-0.25, -0.2) is 0 Å². The molecule has 12 nitrogen and oxygen atoms in total. The molecule has 0 unspecified atom stereocenters. The van der Waals surface area contributed by atoms with Gasteiger partial charge in [-0.15, -0.1) is 0 Å². The second-order valence-corrected chi connectivity index (χ2v) is 0. The quantitative estimate of drug-likeness (QED) is 0.204. The van der Waals surface area contributed by atoms with Gasteiger partial charge in [-0.1, -0.05) is 0 Å². The predicted molar refractivity (Wildman–Crippen MR) is 24.3 cm³/mol. The van der Waals surface area contributed by atoms with Crippen LogP contribution in [0, 0.1) is 0 Å². The third-order valence-electron chi connectivity index (χ3n) is 0. The number of nitrogens with zero attached hydrogens (tertiary/aromatic N) is 6.